The minimum atomic E-state index is -0.0422. The molecule has 5 nitrogen and oxygen atoms in total. The van der Waals surface area contributed by atoms with Crippen molar-refractivity contribution in [2.24, 2.45) is 5.92 Å². The lowest BCUT2D eigenvalue weighted by molar-refractivity contribution is -0.113. The number of hydrogen-bond donors (Lipinski definition) is 1. The summed E-state index contributed by atoms with van der Waals surface area (Å²) in [6.07, 6.45) is 5.28. The molecule has 0 aliphatic carbocycles. The number of rotatable bonds is 7. The summed E-state index contributed by atoms with van der Waals surface area (Å²) in [7, 11) is 0. The maximum Gasteiger partial charge on any atom is 0.234 e. The van der Waals surface area contributed by atoms with Crippen LogP contribution in [0.2, 0.25) is 0 Å². The molecule has 2 heterocycles. The fourth-order valence-corrected chi connectivity index (χ4v) is 4.70. The van der Waals surface area contributed by atoms with Crippen LogP contribution in [0.4, 0.5) is 11.5 Å². The molecule has 1 aliphatic heterocycles. The molecule has 1 amide bonds. The van der Waals surface area contributed by atoms with Crippen molar-refractivity contribution in [3.8, 4) is 0 Å². The van der Waals surface area contributed by atoms with Gasteiger partial charge in [-0.25, -0.2) is 9.97 Å². The fraction of sp³-hybridized carbons (Fsp3) is 0.346. The van der Waals surface area contributed by atoms with Crippen LogP contribution in [0, 0.1) is 19.8 Å². The lowest BCUT2D eigenvalue weighted by atomic mass is 9.90. The Hall–Kier alpha value is -2.86. The van der Waals surface area contributed by atoms with Crippen molar-refractivity contribution in [1.82, 2.24) is 9.97 Å². The number of amides is 1. The molecule has 32 heavy (non-hydrogen) atoms. The van der Waals surface area contributed by atoms with Gasteiger partial charge in [0.25, 0.3) is 0 Å². The largest absolute Gasteiger partial charge is 0.356 e. The second-order valence-corrected chi connectivity index (χ2v) is 9.42. The minimum Gasteiger partial charge on any atom is -0.356 e. The quantitative estimate of drug-likeness (QED) is 0.395. The van der Waals surface area contributed by atoms with Gasteiger partial charge < -0.3 is 10.2 Å². The first-order valence-corrected chi connectivity index (χ1v) is 12.2. The highest BCUT2D eigenvalue weighted by atomic mass is 32.2. The van der Waals surface area contributed by atoms with E-state index in [0.717, 1.165) is 48.1 Å². The minimum absolute atomic E-state index is 0.0422. The van der Waals surface area contributed by atoms with E-state index in [0.29, 0.717) is 5.16 Å². The molecule has 3 aromatic rings. The standard InChI is InChI=1S/C26H30N4OS/c1-19-8-9-20(2)23(16-19)28-25(31)18-32-26-27-13-10-24(29-26)30-14-11-22(12-15-30)17-21-6-4-3-5-7-21/h3-10,13,16,22H,11-12,14-15,17-18H2,1-2H3,(H,28,31). The molecular weight excluding hydrogens is 416 g/mol. The molecule has 166 valence electrons. The Morgan fingerprint density at radius 3 is 2.66 bits per heavy atom. The first kappa shape index (κ1) is 22.3. The molecule has 1 aliphatic rings. The Morgan fingerprint density at radius 2 is 1.88 bits per heavy atom. The molecule has 0 spiro atoms. The zero-order valence-corrected chi connectivity index (χ0v) is 19.6. The van der Waals surface area contributed by atoms with Crippen LogP contribution in [0.15, 0.2) is 66.0 Å². The number of nitrogens with one attached hydrogen (secondary N) is 1. The van der Waals surface area contributed by atoms with E-state index in [1.165, 1.54) is 30.2 Å². The average Bonchev–Trinajstić information content (AvgIpc) is 2.81. The molecule has 1 saturated heterocycles. The predicted octanol–water partition coefficient (Wildman–Crippen LogP) is 5.28. The number of piperidine rings is 1. The Kier molecular flexibility index (Phi) is 7.43. The number of benzene rings is 2. The zero-order chi connectivity index (χ0) is 22.3. The summed E-state index contributed by atoms with van der Waals surface area (Å²) in [5.74, 6) is 1.92. The zero-order valence-electron chi connectivity index (χ0n) is 18.8. The number of anilines is 2. The third-order valence-corrected chi connectivity index (χ3v) is 6.79. The summed E-state index contributed by atoms with van der Waals surface area (Å²) in [6, 6.07) is 18.8. The van der Waals surface area contributed by atoms with E-state index in [1.54, 1.807) is 6.20 Å². The summed E-state index contributed by atoms with van der Waals surface area (Å²) in [5, 5.41) is 3.64. The molecule has 1 aromatic heterocycles. The van der Waals surface area contributed by atoms with Crippen LogP contribution >= 0.6 is 11.8 Å². The van der Waals surface area contributed by atoms with Gasteiger partial charge in [-0.3, -0.25) is 4.79 Å². The average molecular weight is 447 g/mol. The molecule has 4 rings (SSSR count). The van der Waals surface area contributed by atoms with E-state index in [4.69, 9.17) is 4.98 Å². The van der Waals surface area contributed by atoms with E-state index in [1.807, 2.05) is 38.1 Å². The van der Waals surface area contributed by atoms with Gasteiger partial charge in [-0.2, -0.15) is 0 Å². The van der Waals surface area contributed by atoms with Crippen molar-refractivity contribution >= 4 is 29.2 Å². The summed E-state index contributed by atoms with van der Waals surface area (Å²) >= 11 is 1.38. The summed E-state index contributed by atoms with van der Waals surface area (Å²) < 4.78 is 0. The maximum atomic E-state index is 12.4. The van der Waals surface area contributed by atoms with Gasteiger partial charge in [0.1, 0.15) is 5.82 Å². The van der Waals surface area contributed by atoms with Gasteiger partial charge in [0, 0.05) is 25.0 Å². The SMILES string of the molecule is Cc1ccc(C)c(NC(=O)CSc2nccc(N3CCC(Cc4ccccc4)CC3)n2)c1. The summed E-state index contributed by atoms with van der Waals surface area (Å²) in [5.41, 5.74) is 4.47. The Morgan fingerprint density at radius 1 is 1.09 bits per heavy atom. The maximum absolute atomic E-state index is 12.4. The van der Waals surface area contributed by atoms with Crippen molar-refractivity contribution < 1.29 is 4.79 Å². The second kappa shape index (κ2) is 10.6. The van der Waals surface area contributed by atoms with Crippen molar-refractivity contribution in [2.45, 2.75) is 38.3 Å². The molecule has 2 aromatic carbocycles. The normalized spacial score (nSPS) is 14.4. The lowest BCUT2D eigenvalue weighted by Crippen LogP contribution is -2.35. The van der Waals surface area contributed by atoms with Crippen LogP contribution in [0.25, 0.3) is 0 Å². The van der Waals surface area contributed by atoms with Gasteiger partial charge in [0.2, 0.25) is 5.91 Å². The van der Waals surface area contributed by atoms with Crippen LogP contribution in [-0.2, 0) is 11.2 Å². The van der Waals surface area contributed by atoms with Crippen molar-refractivity contribution in [3.05, 3.63) is 77.5 Å². The van der Waals surface area contributed by atoms with Gasteiger partial charge in [0.05, 0.1) is 5.75 Å². The van der Waals surface area contributed by atoms with Crippen LogP contribution in [0.5, 0.6) is 0 Å². The highest BCUT2D eigenvalue weighted by Crippen LogP contribution is 2.26. The van der Waals surface area contributed by atoms with Gasteiger partial charge >= 0.3 is 0 Å². The smallest absolute Gasteiger partial charge is 0.234 e. The molecule has 1 fully saturated rings. The van der Waals surface area contributed by atoms with E-state index in [9.17, 15) is 4.79 Å². The van der Waals surface area contributed by atoms with Crippen molar-refractivity contribution in [1.29, 1.82) is 0 Å². The Balaban J connectivity index is 1.28. The van der Waals surface area contributed by atoms with Crippen LogP contribution in [-0.4, -0.2) is 34.7 Å². The molecule has 6 heteroatoms. The molecule has 1 N–H and O–H groups in total. The van der Waals surface area contributed by atoms with Gasteiger partial charge in [-0.15, -0.1) is 0 Å². The number of carbonyl (C=O) groups excluding carboxylic acids is 1. The van der Waals surface area contributed by atoms with E-state index in [2.05, 4.69) is 45.5 Å². The number of thioether (sulfide) groups is 1. The molecule has 0 bridgehead atoms. The predicted molar refractivity (Wildman–Crippen MR) is 132 cm³/mol. The van der Waals surface area contributed by atoms with E-state index >= 15 is 0 Å². The second-order valence-electron chi connectivity index (χ2n) is 8.47. The molecule has 0 saturated carbocycles. The monoisotopic (exact) mass is 446 g/mol. The number of aryl methyl sites for hydroxylation is 2. The van der Waals surface area contributed by atoms with E-state index in [-0.39, 0.29) is 11.7 Å². The first-order chi connectivity index (χ1) is 15.6. The molecule has 0 radical (unpaired) electrons. The Labute approximate surface area is 194 Å². The molecule has 0 unspecified atom stereocenters. The first-order valence-electron chi connectivity index (χ1n) is 11.2. The van der Waals surface area contributed by atoms with Gasteiger partial charge in [0.15, 0.2) is 5.16 Å². The van der Waals surface area contributed by atoms with Crippen LogP contribution in [0.3, 0.4) is 0 Å². The molecular formula is C26H30N4OS. The lowest BCUT2D eigenvalue weighted by Gasteiger charge is -2.33. The topological polar surface area (TPSA) is 58.1 Å². The third-order valence-electron chi connectivity index (χ3n) is 5.92. The number of carbonyl (C=O) groups is 1. The Bertz CT molecular complexity index is 1050. The fourth-order valence-electron chi connectivity index (χ4n) is 4.08. The molecule has 0 atom stereocenters. The summed E-state index contributed by atoms with van der Waals surface area (Å²) in [6.45, 7) is 6.03. The number of nitrogens with zero attached hydrogens (tertiary/aromatic N) is 3. The van der Waals surface area contributed by atoms with Crippen molar-refractivity contribution in [2.75, 3.05) is 29.1 Å². The highest BCUT2D eigenvalue weighted by molar-refractivity contribution is 7.99. The highest BCUT2D eigenvalue weighted by Gasteiger charge is 2.21. The van der Waals surface area contributed by atoms with E-state index < -0.39 is 0 Å². The number of hydrogen-bond acceptors (Lipinski definition) is 5. The van der Waals surface area contributed by atoms with Gasteiger partial charge in [-0.05, 0) is 67.9 Å². The van der Waals surface area contributed by atoms with Gasteiger partial charge in [-0.1, -0.05) is 54.2 Å². The third kappa shape index (κ3) is 6.10. The summed E-state index contributed by atoms with van der Waals surface area (Å²) in [4.78, 5) is 23.8. The number of aromatic nitrogens is 2. The van der Waals surface area contributed by atoms with Crippen LogP contribution in [0.1, 0.15) is 29.5 Å². The van der Waals surface area contributed by atoms with Crippen LogP contribution < -0.4 is 10.2 Å². The van der Waals surface area contributed by atoms with Crippen molar-refractivity contribution in [3.63, 3.8) is 0 Å².